The lowest BCUT2D eigenvalue weighted by Crippen LogP contribution is -2.38. The van der Waals surface area contributed by atoms with E-state index in [0.29, 0.717) is 46.0 Å². The van der Waals surface area contributed by atoms with Crippen LogP contribution in [0, 0.1) is 0 Å². The summed E-state index contributed by atoms with van der Waals surface area (Å²) in [5.41, 5.74) is 1.78. The van der Waals surface area contributed by atoms with Crippen molar-refractivity contribution in [2.24, 2.45) is 0 Å². The van der Waals surface area contributed by atoms with Crippen LogP contribution in [0.5, 0.6) is 5.75 Å². The number of ether oxygens (including phenoxy) is 1. The molecule has 0 unspecified atom stereocenters. The summed E-state index contributed by atoms with van der Waals surface area (Å²) >= 11 is 6.30. The Morgan fingerprint density at radius 3 is 2.66 bits per heavy atom. The number of nitrogens with one attached hydrogen (secondary N) is 1. The van der Waals surface area contributed by atoms with Crippen molar-refractivity contribution in [3.8, 4) is 17.0 Å². The van der Waals surface area contributed by atoms with Gasteiger partial charge in [-0.15, -0.1) is 12.4 Å². The Kier molecular flexibility index (Phi) is 6.85. The van der Waals surface area contributed by atoms with Crippen LogP contribution >= 0.6 is 24.0 Å². The molecule has 2 aromatic heterocycles. The summed E-state index contributed by atoms with van der Waals surface area (Å²) in [5, 5.41) is 16.1. The molecule has 1 saturated heterocycles. The fourth-order valence-corrected chi connectivity index (χ4v) is 3.85. The highest BCUT2D eigenvalue weighted by atomic mass is 35.5. The van der Waals surface area contributed by atoms with Crippen LogP contribution in [0.1, 0.15) is 12.6 Å². The highest BCUT2D eigenvalue weighted by molar-refractivity contribution is 6.33. The van der Waals surface area contributed by atoms with Crippen LogP contribution < -0.4 is 5.43 Å². The van der Waals surface area contributed by atoms with E-state index in [1.165, 1.54) is 0 Å². The number of hydrogen-bond acceptors (Lipinski definition) is 5. The normalized spacial score (nSPS) is 14.8. The number of pyridine rings is 1. The summed E-state index contributed by atoms with van der Waals surface area (Å²) in [7, 11) is 0. The van der Waals surface area contributed by atoms with Gasteiger partial charge in [-0.2, -0.15) is 5.10 Å². The average Bonchev–Trinajstić information content (AvgIpc) is 3.08. The van der Waals surface area contributed by atoms with E-state index in [4.69, 9.17) is 16.3 Å². The maximum atomic E-state index is 12.9. The van der Waals surface area contributed by atoms with Crippen molar-refractivity contribution in [2.75, 3.05) is 32.8 Å². The highest BCUT2D eigenvalue weighted by Crippen LogP contribution is 2.32. The molecule has 0 saturated carbocycles. The first-order valence-electron chi connectivity index (χ1n) is 9.49. The summed E-state index contributed by atoms with van der Waals surface area (Å²) in [5.74, 6) is -0.331. The fourth-order valence-electron chi connectivity index (χ4n) is 3.62. The van der Waals surface area contributed by atoms with Crippen molar-refractivity contribution < 1.29 is 9.84 Å². The molecule has 0 radical (unpaired) electrons. The van der Waals surface area contributed by atoms with E-state index in [2.05, 4.69) is 15.0 Å². The Morgan fingerprint density at radius 2 is 1.97 bits per heavy atom. The number of fused-ring (bicyclic) bond motifs is 1. The van der Waals surface area contributed by atoms with Crippen molar-refractivity contribution in [1.82, 2.24) is 19.7 Å². The fraction of sp³-hybridized carbons (Fsp3) is 0.400. The first-order valence-corrected chi connectivity index (χ1v) is 9.87. The zero-order chi connectivity index (χ0) is 19.7. The van der Waals surface area contributed by atoms with Crippen LogP contribution in [-0.4, -0.2) is 57.6 Å². The van der Waals surface area contributed by atoms with Gasteiger partial charge in [0.15, 0.2) is 5.75 Å². The average molecular weight is 439 g/mol. The predicted molar refractivity (Wildman–Crippen MR) is 116 cm³/mol. The Balaban J connectivity index is 0.00000240. The third-order valence-corrected chi connectivity index (χ3v) is 5.49. The molecule has 0 spiro atoms. The summed E-state index contributed by atoms with van der Waals surface area (Å²) in [6.07, 6.45) is 0.606. The largest absolute Gasteiger partial charge is 0.503 e. The van der Waals surface area contributed by atoms with Gasteiger partial charge in [-0.25, -0.2) is 4.68 Å². The van der Waals surface area contributed by atoms with E-state index < -0.39 is 5.43 Å². The number of H-pyrrole nitrogens is 1. The second-order valence-corrected chi connectivity index (χ2v) is 7.27. The zero-order valence-electron chi connectivity index (χ0n) is 16.2. The lowest BCUT2D eigenvalue weighted by atomic mass is 10.1. The van der Waals surface area contributed by atoms with Gasteiger partial charge in [0, 0.05) is 25.2 Å². The molecule has 1 fully saturated rings. The number of rotatable bonds is 5. The number of aromatic amines is 1. The molecule has 0 aliphatic carbocycles. The van der Waals surface area contributed by atoms with Crippen molar-refractivity contribution in [2.45, 2.75) is 19.9 Å². The molecule has 1 aliphatic rings. The third kappa shape index (κ3) is 4.14. The van der Waals surface area contributed by atoms with Gasteiger partial charge in [0.1, 0.15) is 5.65 Å². The van der Waals surface area contributed by atoms with Gasteiger partial charge in [0.05, 0.1) is 41.6 Å². The van der Waals surface area contributed by atoms with E-state index >= 15 is 0 Å². The number of benzene rings is 1. The quantitative estimate of drug-likeness (QED) is 0.639. The van der Waals surface area contributed by atoms with Gasteiger partial charge in [-0.3, -0.25) is 9.69 Å². The summed E-state index contributed by atoms with van der Waals surface area (Å²) in [4.78, 5) is 18.5. The topological polar surface area (TPSA) is 83.4 Å². The lowest BCUT2D eigenvalue weighted by Gasteiger charge is -2.26. The molecule has 2 N–H and O–H groups in total. The maximum Gasteiger partial charge on any atom is 0.235 e. The molecule has 0 bridgehead atoms. The van der Waals surface area contributed by atoms with Gasteiger partial charge in [-0.05, 0) is 12.5 Å². The van der Waals surface area contributed by atoms with Crippen molar-refractivity contribution in [3.63, 3.8) is 0 Å². The van der Waals surface area contributed by atoms with Crippen LogP contribution in [0.15, 0.2) is 29.1 Å². The van der Waals surface area contributed by atoms with Gasteiger partial charge in [0.25, 0.3) is 0 Å². The second kappa shape index (κ2) is 9.17. The van der Waals surface area contributed by atoms with Crippen LogP contribution in [0.3, 0.4) is 0 Å². The number of halogens is 2. The smallest absolute Gasteiger partial charge is 0.235 e. The van der Waals surface area contributed by atoms with Crippen LogP contribution in [0.2, 0.25) is 5.02 Å². The van der Waals surface area contributed by atoms with Gasteiger partial charge in [-0.1, -0.05) is 36.7 Å². The predicted octanol–water partition coefficient (Wildman–Crippen LogP) is 3.07. The first-order chi connectivity index (χ1) is 13.6. The number of nitrogens with zero attached hydrogens (tertiary/aromatic N) is 3. The Hall–Kier alpha value is -2.06. The van der Waals surface area contributed by atoms with E-state index in [-0.39, 0.29) is 18.2 Å². The Labute approximate surface area is 179 Å². The zero-order valence-corrected chi connectivity index (χ0v) is 17.7. The van der Waals surface area contributed by atoms with Crippen molar-refractivity contribution >= 4 is 35.0 Å². The SMILES string of the molecule is CCc1nn(CCN2CCOCC2)c2[nH]c(-c3ccccc3Cl)c(O)c(=O)c12.Cl. The number of aromatic hydroxyl groups is 1. The molecule has 29 heavy (non-hydrogen) atoms. The lowest BCUT2D eigenvalue weighted by molar-refractivity contribution is 0.0361. The van der Waals surface area contributed by atoms with E-state index in [1.54, 1.807) is 18.2 Å². The molecule has 7 nitrogen and oxygen atoms in total. The minimum atomic E-state index is -0.418. The maximum absolute atomic E-state index is 12.9. The monoisotopic (exact) mass is 438 g/mol. The molecular weight excluding hydrogens is 415 g/mol. The molecule has 4 rings (SSSR count). The van der Waals surface area contributed by atoms with E-state index in [1.807, 2.05) is 17.7 Å². The number of aryl methyl sites for hydroxylation is 1. The van der Waals surface area contributed by atoms with E-state index in [9.17, 15) is 9.90 Å². The number of hydrogen-bond donors (Lipinski definition) is 2. The minimum Gasteiger partial charge on any atom is -0.503 e. The van der Waals surface area contributed by atoms with Crippen molar-refractivity contribution in [1.29, 1.82) is 0 Å². The molecule has 3 heterocycles. The molecule has 9 heteroatoms. The summed E-state index contributed by atoms with van der Waals surface area (Å²) < 4.78 is 7.22. The first kappa shape index (κ1) is 21.6. The summed E-state index contributed by atoms with van der Waals surface area (Å²) in [6, 6.07) is 7.12. The van der Waals surface area contributed by atoms with Gasteiger partial charge in [0.2, 0.25) is 5.43 Å². The molecule has 156 valence electrons. The second-order valence-electron chi connectivity index (χ2n) is 6.86. The van der Waals surface area contributed by atoms with Crippen LogP contribution in [0.4, 0.5) is 0 Å². The summed E-state index contributed by atoms with van der Waals surface area (Å²) in [6.45, 7) is 6.66. The molecule has 3 aromatic rings. The van der Waals surface area contributed by atoms with Crippen molar-refractivity contribution in [3.05, 3.63) is 45.2 Å². The standard InChI is InChI=1S/C20H23ClN4O3.ClH/c1-2-15-16-18(26)19(27)17(13-5-3-4-6-14(13)21)22-20(16)25(23-15)8-7-24-9-11-28-12-10-24;/h3-6,27H,2,7-12H2,1H3,(H,22,26);1H. The Bertz CT molecular complexity index is 1060. The molecular formula is C20H24Cl2N4O3. The molecule has 0 atom stereocenters. The van der Waals surface area contributed by atoms with Gasteiger partial charge < -0.3 is 14.8 Å². The van der Waals surface area contributed by atoms with Crippen LogP contribution in [-0.2, 0) is 17.7 Å². The van der Waals surface area contributed by atoms with E-state index in [0.717, 1.165) is 32.8 Å². The molecule has 1 aliphatic heterocycles. The minimum absolute atomic E-state index is 0. The third-order valence-electron chi connectivity index (χ3n) is 5.16. The number of morpholine rings is 1. The Morgan fingerprint density at radius 1 is 1.24 bits per heavy atom. The highest BCUT2D eigenvalue weighted by Gasteiger charge is 2.21. The van der Waals surface area contributed by atoms with Gasteiger partial charge >= 0.3 is 0 Å². The number of aromatic nitrogens is 3. The molecule has 1 aromatic carbocycles. The molecule has 0 amide bonds. The van der Waals surface area contributed by atoms with Crippen LogP contribution in [0.25, 0.3) is 22.3 Å².